The van der Waals surface area contributed by atoms with Gasteiger partial charge < -0.3 is 4.74 Å². The molecule has 2 nitrogen and oxygen atoms in total. The number of hydrogen-bond acceptors (Lipinski definition) is 2. The van der Waals surface area contributed by atoms with E-state index in [1.807, 2.05) is 48.5 Å². The fourth-order valence-corrected chi connectivity index (χ4v) is 2.17. The van der Waals surface area contributed by atoms with Crippen molar-refractivity contribution in [3.63, 3.8) is 0 Å². The molecule has 2 rings (SSSR count). The van der Waals surface area contributed by atoms with Crippen molar-refractivity contribution in [1.82, 2.24) is 0 Å². The standard InChI is InChI=1S/C15H13BrO2/c1-18-15(17)13-8-7-11(10-16)9-14(13)12-5-3-2-4-6-12/h2-9H,10H2,1H3. The predicted molar refractivity (Wildman–Crippen MR) is 75.8 cm³/mol. The van der Waals surface area contributed by atoms with Crippen LogP contribution in [0.15, 0.2) is 48.5 Å². The molecule has 0 aliphatic carbocycles. The van der Waals surface area contributed by atoms with Crippen molar-refractivity contribution in [1.29, 1.82) is 0 Å². The van der Waals surface area contributed by atoms with E-state index in [1.54, 1.807) is 0 Å². The molecule has 0 atom stereocenters. The molecule has 0 unspecified atom stereocenters. The summed E-state index contributed by atoms with van der Waals surface area (Å²) in [5, 5.41) is 0.758. The van der Waals surface area contributed by atoms with Gasteiger partial charge in [-0.15, -0.1) is 0 Å². The number of carbonyl (C=O) groups excluding carboxylic acids is 1. The normalized spacial score (nSPS) is 10.1. The van der Waals surface area contributed by atoms with E-state index in [0.29, 0.717) is 5.56 Å². The maximum Gasteiger partial charge on any atom is 0.338 e. The van der Waals surface area contributed by atoms with Crippen molar-refractivity contribution in [3.05, 3.63) is 59.7 Å². The highest BCUT2D eigenvalue weighted by Gasteiger charge is 2.13. The molecule has 0 aliphatic rings. The Morgan fingerprint density at radius 1 is 1.17 bits per heavy atom. The van der Waals surface area contributed by atoms with Crippen molar-refractivity contribution in [3.8, 4) is 11.1 Å². The first-order chi connectivity index (χ1) is 8.76. The van der Waals surface area contributed by atoms with Gasteiger partial charge in [0.2, 0.25) is 0 Å². The molecule has 0 radical (unpaired) electrons. The Hall–Kier alpha value is -1.61. The molecular formula is C15H13BrO2. The first kappa shape index (κ1) is 12.8. The maximum atomic E-state index is 11.8. The first-order valence-corrected chi connectivity index (χ1v) is 6.71. The number of carbonyl (C=O) groups is 1. The molecule has 0 bridgehead atoms. The van der Waals surface area contributed by atoms with Gasteiger partial charge >= 0.3 is 5.97 Å². The van der Waals surface area contributed by atoms with Crippen molar-refractivity contribution in [2.45, 2.75) is 5.33 Å². The minimum atomic E-state index is -0.310. The molecule has 0 aromatic heterocycles. The Morgan fingerprint density at radius 2 is 1.89 bits per heavy atom. The summed E-state index contributed by atoms with van der Waals surface area (Å²) in [4.78, 5) is 11.8. The lowest BCUT2D eigenvalue weighted by atomic mass is 9.98. The van der Waals surface area contributed by atoms with Gasteiger partial charge in [-0.25, -0.2) is 4.79 Å². The van der Waals surface area contributed by atoms with Crippen LogP contribution in [0.25, 0.3) is 11.1 Å². The Kier molecular flexibility index (Phi) is 4.15. The van der Waals surface area contributed by atoms with Crippen LogP contribution in [0.5, 0.6) is 0 Å². The van der Waals surface area contributed by atoms with Gasteiger partial charge in [-0.1, -0.05) is 52.3 Å². The molecule has 0 spiro atoms. The Morgan fingerprint density at radius 3 is 2.50 bits per heavy atom. The lowest BCUT2D eigenvalue weighted by molar-refractivity contribution is 0.0601. The van der Waals surface area contributed by atoms with Crippen LogP contribution >= 0.6 is 15.9 Å². The molecule has 92 valence electrons. The molecule has 0 amide bonds. The third-order valence-corrected chi connectivity index (χ3v) is 3.38. The van der Waals surface area contributed by atoms with E-state index in [2.05, 4.69) is 15.9 Å². The lowest BCUT2D eigenvalue weighted by Crippen LogP contribution is -2.04. The number of ether oxygens (including phenoxy) is 1. The van der Waals surface area contributed by atoms with Crippen molar-refractivity contribution >= 4 is 21.9 Å². The number of benzene rings is 2. The van der Waals surface area contributed by atoms with Crippen molar-refractivity contribution in [2.75, 3.05) is 7.11 Å². The van der Waals surface area contributed by atoms with Crippen LogP contribution < -0.4 is 0 Å². The number of hydrogen-bond donors (Lipinski definition) is 0. The quantitative estimate of drug-likeness (QED) is 0.632. The highest BCUT2D eigenvalue weighted by molar-refractivity contribution is 9.08. The average Bonchev–Trinajstić information content (AvgIpc) is 2.46. The second-order valence-electron chi connectivity index (χ2n) is 3.87. The summed E-state index contributed by atoms with van der Waals surface area (Å²) in [6, 6.07) is 15.6. The van der Waals surface area contributed by atoms with E-state index in [-0.39, 0.29) is 5.97 Å². The second kappa shape index (κ2) is 5.83. The smallest absolute Gasteiger partial charge is 0.338 e. The number of methoxy groups -OCH3 is 1. The summed E-state index contributed by atoms with van der Waals surface area (Å²) in [7, 11) is 1.40. The van der Waals surface area contributed by atoms with Crippen LogP contribution in [0, 0.1) is 0 Å². The zero-order chi connectivity index (χ0) is 13.0. The van der Waals surface area contributed by atoms with Gasteiger partial charge in [-0.3, -0.25) is 0 Å². The SMILES string of the molecule is COC(=O)c1ccc(CBr)cc1-c1ccccc1. The Labute approximate surface area is 115 Å². The summed E-state index contributed by atoms with van der Waals surface area (Å²) in [6.45, 7) is 0. The van der Waals surface area contributed by atoms with E-state index >= 15 is 0 Å². The topological polar surface area (TPSA) is 26.3 Å². The summed E-state index contributed by atoms with van der Waals surface area (Å²) in [6.07, 6.45) is 0. The van der Waals surface area contributed by atoms with E-state index in [4.69, 9.17) is 4.74 Å². The molecule has 0 aliphatic heterocycles. The summed E-state index contributed by atoms with van der Waals surface area (Å²) >= 11 is 3.43. The molecular weight excluding hydrogens is 292 g/mol. The lowest BCUT2D eigenvalue weighted by Gasteiger charge is -2.09. The van der Waals surface area contributed by atoms with Crippen LogP contribution in [0.4, 0.5) is 0 Å². The number of alkyl halides is 1. The first-order valence-electron chi connectivity index (χ1n) is 5.59. The Balaban J connectivity index is 2.58. The van der Waals surface area contributed by atoms with Crippen molar-refractivity contribution < 1.29 is 9.53 Å². The minimum absolute atomic E-state index is 0.310. The fraction of sp³-hybridized carbons (Fsp3) is 0.133. The van der Waals surface area contributed by atoms with Crippen LogP contribution in [-0.2, 0) is 10.1 Å². The third kappa shape index (κ3) is 2.62. The largest absolute Gasteiger partial charge is 0.465 e. The molecule has 18 heavy (non-hydrogen) atoms. The fourth-order valence-electron chi connectivity index (χ4n) is 1.82. The molecule has 0 saturated carbocycles. The van der Waals surface area contributed by atoms with Crippen LogP contribution in [-0.4, -0.2) is 13.1 Å². The van der Waals surface area contributed by atoms with Gasteiger partial charge in [-0.05, 0) is 28.8 Å². The third-order valence-electron chi connectivity index (χ3n) is 2.73. The molecule has 3 heteroatoms. The zero-order valence-electron chi connectivity index (χ0n) is 10.0. The van der Waals surface area contributed by atoms with Gasteiger partial charge in [0, 0.05) is 5.33 Å². The van der Waals surface area contributed by atoms with Crippen molar-refractivity contribution in [2.24, 2.45) is 0 Å². The molecule has 2 aromatic rings. The van der Waals surface area contributed by atoms with E-state index < -0.39 is 0 Å². The van der Waals surface area contributed by atoms with Gasteiger partial charge in [-0.2, -0.15) is 0 Å². The molecule has 0 heterocycles. The van der Waals surface area contributed by atoms with Gasteiger partial charge in [0.05, 0.1) is 12.7 Å². The van der Waals surface area contributed by atoms with Crippen LogP contribution in [0.2, 0.25) is 0 Å². The maximum absolute atomic E-state index is 11.8. The zero-order valence-corrected chi connectivity index (χ0v) is 11.6. The van der Waals surface area contributed by atoms with Gasteiger partial charge in [0.15, 0.2) is 0 Å². The molecule has 0 fully saturated rings. The van der Waals surface area contributed by atoms with Gasteiger partial charge in [0.1, 0.15) is 0 Å². The average molecular weight is 305 g/mol. The van der Waals surface area contributed by atoms with Gasteiger partial charge in [0.25, 0.3) is 0 Å². The summed E-state index contributed by atoms with van der Waals surface area (Å²) in [5.74, 6) is -0.310. The molecule has 0 saturated heterocycles. The van der Waals surface area contributed by atoms with Crippen LogP contribution in [0.1, 0.15) is 15.9 Å². The highest BCUT2D eigenvalue weighted by atomic mass is 79.9. The van der Waals surface area contributed by atoms with E-state index in [1.165, 1.54) is 7.11 Å². The molecule has 0 N–H and O–H groups in total. The minimum Gasteiger partial charge on any atom is -0.465 e. The summed E-state index contributed by atoms with van der Waals surface area (Å²) < 4.78 is 4.82. The summed E-state index contributed by atoms with van der Waals surface area (Å²) in [5.41, 5.74) is 3.63. The number of esters is 1. The van der Waals surface area contributed by atoms with Crippen LogP contribution in [0.3, 0.4) is 0 Å². The highest BCUT2D eigenvalue weighted by Crippen LogP contribution is 2.26. The number of rotatable bonds is 3. The Bertz CT molecular complexity index is 550. The second-order valence-corrected chi connectivity index (χ2v) is 4.43. The van der Waals surface area contributed by atoms with E-state index in [9.17, 15) is 4.79 Å². The monoisotopic (exact) mass is 304 g/mol. The molecule has 2 aromatic carbocycles. The van der Waals surface area contributed by atoms with E-state index in [0.717, 1.165) is 22.0 Å². The number of halogens is 1. The predicted octanol–water partition coefficient (Wildman–Crippen LogP) is 4.04.